The van der Waals surface area contributed by atoms with Crippen molar-refractivity contribution in [3.63, 3.8) is 0 Å². The van der Waals surface area contributed by atoms with Gasteiger partial charge in [-0.15, -0.1) is 0 Å². The Morgan fingerprint density at radius 3 is 1.35 bits per heavy atom. The second-order valence-corrected chi connectivity index (χ2v) is 17.3. The average Bonchev–Trinajstić information content (AvgIpc) is 3.58. The molecule has 1 nitrogen and oxygen atoms in total. The predicted octanol–water partition coefficient (Wildman–Crippen LogP) is 16.3. The number of rotatable bonds is 9. The number of hydrogen-bond donors (Lipinski definition) is 0. The third kappa shape index (κ3) is 6.56. The summed E-state index contributed by atoms with van der Waals surface area (Å²) in [7, 11) is 0. The first-order valence-corrected chi connectivity index (χ1v) is 22.0. The number of hydrogen-bond acceptors (Lipinski definition) is 1. The third-order valence-electron chi connectivity index (χ3n) is 13.4. The third-order valence-corrected chi connectivity index (χ3v) is 13.4. The number of fused-ring (bicyclic) bond motifs is 4. The molecule has 0 saturated carbocycles. The molecule has 0 spiro atoms. The molecule has 10 aromatic rings. The van der Waals surface area contributed by atoms with Crippen LogP contribution in [0.4, 0.5) is 17.1 Å². The highest BCUT2D eigenvalue weighted by atomic mass is 15.1. The summed E-state index contributed by atoms with van der Waals surface area (Å²) in [6.07, 6.45) is 0. The summed E-state index contributed by atoms with van der Waals surface area (Å²) in [4.78, 5) is 2.38. The van der Waals surface area contributed by atoms with Crippen molar-refractivity contribution >= 4 is 27.8 Å². The van der Waals surface area contributed by atoms with Gasteiger partial charge in [-0.1, -0.05) is 214 Å². The Kier molecular flexibility index (Phi) is 9.47. The lowest BCUT2D eigenvalue weighted by atomic mass is 9.64. The van der Waals surface area contributed by atoms with Gasteiger partial charge in [0.25, 0.3) is 0 Å². The van der Waals surface area contributed by atoms with Crippen LogP contribution in [-0.4, -0.2) is 0 Å². The van der Waals surface area contributed by atoms with E-state index in [2.05, 4.69) is 267 Å². The minimum Gasteiger partial charge on any atom is -0.311 e. The minimum atomic E-state index is -0.596. The van der Waals surface area contributed by atoms with Gasteiger partial charge in [-0.05, 0) is 126 Å². The Hall–Kier alpha value is -7.74. The van der Waals surface area contributed by atoms with Gasteiger partial charge < -0.3 is 4.90 Å². The fourth-order valence-electron chi connectivity index (χ4n) is 10.2. The second kappa shape index (κ2) is 15.6. The molecule has 11 rings (SSSR count). The molecule has 0 radical (unpaired) electrons. The molecule has 1 heteroatoms. The Bertz CT molecular complexity index is 3160. The summed E-state index contributed by atoms with van der Waals surface area (Å²) in [6.45, 7) is 4.71. The highest BCUT2D eigenvalue weighted by Crippen LogP contribution is 2.52. The first-order valence-electron chi connectivity index (χ1n) is 22.0. The number of benzene rings is 10. The van der Waals surface area contributed by atoms with Gasteiger partial charge in [0.2, 0.25) is 0 Å². The van der Waals surface area contributed by atoms with Crippen LogP contribution >= 0.6 is 0 Å². The zero-order chi connectivity index (χ0) is 42.4. The second-order valence-electron chi connectivity index (χ2n) is 17.3. The largest absolute Gasteiger partial charge is 0.311 e. The van der Waals surface area contributed by atoms with Crippen molar-refractivity contribution in [2.24, 2.45) is 0 Å². The molecule has 1 aliphatic carbocycles. The van der Waals surface area contributed by atoms with Crippen LogP contribution in [0.3, 0.4) is 0 Å². The minimum absolute atomic E-state index is 0.0787. The highest BCUT2D eigenvalue weighted by molar-refractivity contribution is 5.88. The van der Waals surface area contributed by atoms with Gasteiger partial charge in [0, 0.05) is 22.5 Å². The highest BCUT2D eigenvalue weighted by Gasteiger charge is 2.41. The summed E-state index contributed by atoms with van der Waals surface area (Å²) in [5.74, 6) is 0. The van der Waals surface area contributed by atoms with Crippen LogP contribution in [0.2, 0.25) is 0 Å². The summed E-state index contributed by atoms with van der Waals surface area (Å²) in [6, 6.07) is 91.5. The van der Waals surface area contributed by atoms with Crippen molar-refractivity contribution in [3.05, 3.63) is 282 Å². The standard InChI is InChI=1S/C62H47N/c1-61(2)59-25-15-14-24-57(59)58-43-53(34-41-60(58)61)62(50-20-8-4-9-21-50,51-22-10-5-11-23-51)52-32-39-56(40-33-52)63(54-35-28-46(29-36-54)44-16-6-3-7-17-44)55-37-30-47(31-38-55)49-27-26-45-18-12-13-19-48(45)42-49/h3-43H,1-2H3. The molecule has 1 aliphatic rings. The Morgan fingerprint density at radius 2 is 0.730 bits per heavy atom. The van der Waals surface area contributed by atoms with Crippen LogP contribution in [0.25, 0.3) is 44.2 Å². The van der Waals surface area contributed by atoms with E-state index in [0.717, 1.165) is 17.1 Å². The molecule has 0 bridgehead atoms. The van der Waals surface area contributed by atoms with E-state index < -0.39 is 5.41 Å². The van der Waals surface area contributed by atoms with Crippen LogP contribution in [-0.2, 0) is 10.8 Å². The fourth-order valence-corrected chi connectivity index (χ4v) is 10.2. The SMILES string of the molecule is CC1(C)c2ccccc2-c2cc(C(c3ccccc3)(c3ccccc3)c3ccc(N(c4ccc(-c5ccccc5)cc4)c4ccc(-c5ccc6ccccc6c5)cc4)cc3)ccc21. The Labute approximate surface area is 371 Å². The van der Waals surface area contributed by atoms with Crippen molar-refractivity contribution < 1.29 is 0 Å². The molecule has 0 atom stereocenters. The van der Waals surface area contributed by atoms with Crippen LogP contribution in [0.5, 0.6) is 0 Å². The van der Waals surface area contributed by atoms with Gasteiger partial charge in [-0.3, -0.25) is 0 Å². The first kappa shape index (κ1) is 38.2. The van der Waals surface area contributed by atoms with Crippen molar-refractivity contribution in [3.8, 4) is 33.4 Å². The lowest BCUT2D eigenvalue weighted by Crippen LogP contribution is -2.31. The van der Waals surface area contributed by atoms with Gasteiger partial charge in [0.15, 0.2) is 0 Å². The smallest absolute Gasteiger partial charge is 0.0701 e. The summed E-state index contributed by atoms with van der Waals surface area (Å²) >= 11 is 0. The molecule has 0 N–H and O–H groups in total. The molecule has 0 fully saturated rings. The van der Waals surface area contributed by atoms with Crippen molar-refractivity contribution in [1.82, 2.24) is 0 Å². The quantitative estimate of drug-likeness (QED) is 0.131. The van der Waals surface area contributed by atoms with Gasteiger partial charge in [0.1, 0.15) is 0 Å². The van der Waals surface area contributed by atoms with Gasteiger partial charge >= 0.3 is 0 Å². The van der Waals surface area contributed by atoms with Crippen LogP contribution < -0.4 is 4.90 Å². The van der Waals surface area contributed by atoms with Crippen LogP contribution in [0.1, 0.15) is 47.2 Å². The van der Waals surface area contributed by atoms with Crippen LogP contribution in [0, 0.1) is 0 Å². The maximum absolute atomic E-state index is 2.48. The van der Waals surface area contributed by atoms with E-state index in [1.54, 1.807) is 0 Å². The van der Waals surface area contributed by atoms with Gasteiger partial charge in [0.05, 0.1) is 5.41 Å². The summed E-state index contributed by atoms with van der Waals surface area (Å²) in [5.41, 5.74) is 17.7. The molecular formula is C62H47N. The Balaban J connectivity index is 1.06. The molecule has 0 aliphatic heterocycles. The molecule has 0 aromatic heterocycles. The maximum Gasteiger partial charge on any atom is 0.0701 e. The van der Waals surface area contributed by atoms with E-state index in [1.165, 1.54) is 77.5 Å². The fraction of sp³-hybridized carbons (Fsp3) is 0.0645. The van der Waals surface area contributed by atoms with E-state index in [1.807, 2.05) is 0 Å². The van der Waals surface area contributed by atoms with Crippen LogP contribution in [0.15, 0.2) is 249 Å². The molecule has 10 aromatic carbocycles. The summed E-state index contributed by atoms with van der Waals surface area (Å²) < 4.78 is 0. The van der Waals surface area contributed by atoms with E-state index in [-0.39, 0.29) is 5.41 Å². The van der Waals surface area contributed by atoms with Gasteiger partial charge in [-0.25, -0.2) is 0 Å². The number of nitrogens with zero attached hydrogens (tertiary/aromatic N) is 1. The van der Waals surface area contributed by atoms with E-state index in [0.29, 0.717) is 0 Å². The lowest BCUT2D eigenvalue weighted by molar-refractivity contribution is 0.659. The molecule has 0 saturated heterocycles. The van der Waals surface area contributed by atoms with E-state index in [9.17, 15) is 0 Å². The summed E-state index contributed by atoms with van der Waals surface area (Å²) in [5, 5.41) is 2.50. The molecular weight excluding hydrogens is 759 g/mol. The van der Waals surface area contributed by atoms with Gasteiger partial charge in [-0.2, -0.15) is 0 Å². The zero-order valence-electron chi connectivity index (χ0n) is 35.6. The number of anilines is 3. The lowest BCUT2D eigenvalue weighted by Gasteiger charge is -2.38. The van der Waals surface area contributed by atoms with E-state index >= 15 is 0 Å². The molecule has 0 amide bonds. The molecule has 63 heavy (non-hydrogen) atoms. The molecule has 0 unspecified atom stereocenters. The first-order chi connectivity index (χ1) is 31.0. The average molecular weight is 806 g/mol. The maximum atomic E-state index is 2.48. The van der Waals surface area contributed by atoms with Crippen molar-refractivity contribution in [1.29, 1.82) is 0 Å². The monoisotopic (exact) mass is 805 g/mol. The zero-order valence-corrected chi connectivity index (χ0v) is 35.6. The van der Waals surface area contributed by atoms with E-state index in [4.69, 9.17) is 0 Å². The Morgan fingerprint density at radius 1 is 0.302 bits per heavy atom. The predicted molar refractivity (Wildman–Crippen MR) is 265 cm³/mol. The van der Waals surface area contributed by atoms with Crippen molar-refractivity contribution in [2.75, 3.05) is 4.90 Å². The topological polar surface area (TPSA) is 3.24 Å². The molecule has 0 heterocycles. The normalized spacial score (nSPS) is 12.7. The molecule has 300 valence electrons. The van der Waals surface area contributed by atoms with Crippen molar-refractivity contribution in [2.45, 2.75) is 24.7 Å².